The van der Waals surface area contributed by atoms with Gasteiger partial charge in [0.15, 0.2) is 0 Å². The summed E-state index contributed by atoms with van der Waals surface area (Å²) in [4.78, 5) is 39.3. The number of hydrogen-bond donors (Lipinski definition) is 0. The molecule has 0 atom stereocenters. The van der Waals surface area contributed by atoms with Crippen LogP contribution in [-0.2, 0) is 0 Å². The number of pyridine rings is 9. The van der Waals surface area contributed by atoms with Crippen molar-refractivity contribution in [1.29, 1.82) is 0 Å². The van der Waals surface area contributed by atoms with Gasteiger partial charge in [-0.25, -0.2) is 0 Å². The molecule has 0 saturated heterocycles. The van der Waals surface area contributed by atoms with E-state index in [9.17, 15) is 0 Å². The van der Waals surface area contributed by atoms with Gasteiger partial charge in [0.1, 0.15) is 0 Å². The molecule has 9 nitrogen and oxygen atoms in total. The molecule has 0 aliphatic heterocycles. The van der Waals surface area contributed by atoms with Crippen molar-refractivity contribution < 1.29 is 0 Å². The molecule has 0 spiro atoms. The fraction of sp³-hybridized carbons (Fsp3) is 0. The maximum Gasteiger partial charge on any atom is 0.0702 e. The summed E-state index contributed by atoms with van der Waals surface area (Å²) in [5, 5.41) is 0. The van der Waals surface area contributed by atoms with Crippen LogP contribution in [0.4, 0.5) is 0 Å². The first-order valence-corrected chi connectivity index (χ1v) is 42.0. The first-order chi connectivity index (χ1) is 62.4. The molecule has 12 aromatic carbocycles. The molecule has 9 aromatic heterocycles. The van der Waals surface area contributed by atoms with Crippen LogP contribution >= 0.6 is 0 Å². The lowest BCUT2D eigenvalue weighted by molar-refractivity contribution is 1.33. The zero-order valence-corrected chi connectivity index (χ0v) is 68.8. The molecule has 126 heavy (non-hydrogen) atoms. The normalized spacial score (nSPS) is 10.9. The Morgan fingerprint density at radius 2 is 0.262 bits per heavy atom. The molecule has 0 bridgehead atoms. The summed E-state index contributed by atoms with van der Waals surface area (Å²) in [7, 11) is 0. The Kier molecular flexibility index (Phi) is 23.6. The van der Waals surface area contributed by atoms with Crippen molar-refractivity contribution in [3.63, 3.8) is 0 Å². The monoisotopic (exact) mass is 1610 g/mol. The third kappa shape index (κ3) is 18.8. The van der Waals surface area contributed by atoms with Crippen molar-refractivity contribution in [2.45, 2.75) is 0 Å². The summed E-state index contributed by atoms with van der Waals surface area (Å²) < 4.78 is 0. The predicted molar refractivity (Wildman–Crippen MR) is 517 cm³/mol. The first kappa shape index (κ1) is 78.8. The van der Waals surface area contributed by atoms with Crippen molar-refractivity contribution in [2.24, 2.45) is 0 Å². The maximum atomic E-state index is 4.58. The summed E-state index contributed by atoms with van der Waals surface area (Å²) >= 11 is 0. The van der Waals surface area contributed by atoms with Gasteiger partial charge in [0.05, 0.1) is 17.1 Å². The van der Waals surface area contributed by atoms with Crippen LogP contribution in [0.3, 0.4) is 0 Å². The van der Waals surface area contributed by atoms with E-state index in [-0.39, 0.29) is 0 Å². The molecule has 0 fully saturated rings. The Labute approximate surface area is 734 Å². The summed E-state index contributed by atoms with van der Waals surface area (Å²) in [6, 6.07) is 141. The van der Waals surface area contributed by atoms with E-state index in [0.717, 1.165) is 151 Å². The zero-order chi connectivity index (χ0) is 84.4. The Morgan fingerprint density at radius 3 is 0.444 bits per heavy atom. The Balaban J connectivity index is 0.000000123. The average molecular weight is 1610 g/mol. The van der Waals surface area contributed by atoms with Crippen LogP contribution in [0.25, 0.3) is 201 Å². The number of aromatic nitrogens is 9. The quantitative estimate of drug-likeness (QED) is 0.0828. The number of nitrogens with zero attached hydrogens (tertiary/aromatic N) is 9. The molecule has 0 aliphatic carbocycles. The van der Waals surface area contributed by atoms with E-state index in [4.69, 9.17) is 0 Å². The molecule has 0 saturated carbocycles. The molecule has 0 aliphatic rings. The van der Waals surface area contributed by atoms with Gasteiger partial charge in [-0.2, -0.15) is 0 Å². The van der Waals surface area contributed by atoms with Gasteiger partial charge in [-0.05, 0) is 350 Å². The van der Waals surface area contributed by atoms with Crippen molar-refractivity contribution in [1.82, 2.24) is 44.9 Å². The van der Waals surface area contributed by atoms with Gasteiger partial charge in [-0.1, -0.05) is 200 Å². The summed E-state index contributed by atoms with van der Waals surface area (Å²) in [5.74, 6) is 0. The topological polar surface area (TPSA) is 116 Å². The Bertz CT molecular complexity index is 5870. The largest absolute Gasteiger partial charge is 0.265 e. The van der Waals surface area contributed by atoms with Gasteiger partial charge in [0.25, 0.3) is 0 Å². The van der Waals surface area contributed by atoms with Crippen LogP contribution in [0, 0.1) is 0 Å². The van der Waals surface area contributed by atoms with E-state index in [1.807, 2.05) is 166 Å². The molecule has 0 unspecified atom stereocenters. The van der Waals surface area contributed by atoms with Gasteiger partial charge in [-0.3, -0.25) is 44.9 Å². The predicted octanol–water partition coefficient (Wildman–Crippen LogP) is 29.6. The highest BCUT2D eigenvalue weighted by atomic mass is 14.7. The first-order valence-electron chi connectivity index (χ1n) is 42.0. The lowest BCUT2D eigenvalue weighted by Crippen LogP contribution is -1.89. The van der Waals surface area contributed by atoms with E-state index in [0.29, 0.717) is 0 Å². The molecule has 21 rings (SSSR count). The van der Waals surface area contributed by atoms with Crippen molar-refractivity contribution in [3.05, 3.63) is 493 Å². The Morgan fingerprint density at radius 1 is 0.0952 bits per heavy atom. The van der Waals surface area contributed by atoms with Gasteiger partial charge in [0.2, 0.25) is 0 Å². The van der Waals surface area contributed by atoms with Crippen LogP contribution in [-0.4, -0.2) is 44.9 Å². The van der Waals surface area contributed by atoms with E-state index >= 15 is 0 Å². The van der Waals surface area contributed by atoms with Gasteiger partial charge >= 0.3 is 0 Å². The SMILES string of the molecule is c1cc(-c2ccncc2)cc(-c2cc(-c3cccc(-c4ccncc4)c3)cc(-c3cccc(-c4ccncc4)c3)c2)c1.c1ccc(-c2cccc(-c3cc(-c4cccc(-c5ccccn5)c4)cc(-c4cccc(-c5ccccn5)c4)c3)c2)nc1.c1cncc(-c2cccc(-c3cc(-c4cccc(-c5cccnc5)c4)cc(-c4cccc(-c5cccnc5)c4)c3)c2)c1. The lowest BCUT2D eigenvalue weighted by atomic mass is 9.90. The summed E-state index contributed by atoms with van der Waals surface area (Å²) in [6.07, 6.45) is 27.7. The van der Waals surface area contributed by atoms with Gasteiger partial charge in [0, 0.05) is 126 Å². The molecule has 9 heterocycles. The van der Waals surface area contributed by atoms with E-state index in [1.165, 1.54) is 50.1 Å². The summed E-state index contributed by atoms with van der Waals surface area (Å²) in [5.41, 5.74) is 40.7. The van der Waals surface area contributed by atoms with E-state index in [2.05, 4.69) is 372 Å². The number of hydrogen-bond acceptors (Lipinski definition) is 9. The maximum absolute atomic E-state index is 4.58. The van der Waals surface area contributed by atoms with E-state index < -0.39 is 0 Å². The minimum atomic E-state index is 0.960. The minimum absolute atomic E-state index is 0.960. The highest BCUT2D eigenvalue weighted by Gasteiger charge is 2.17. The third-order valence-electron chi connectivity index (χ3n) is 22.5. The number of benzene rings is 12. The molecule has 21 aromatic rings. The van der Waals surface area contributed by atoms with Gasteiger partial charge < -0.3 is 0 Å². The van der Waals surface area contributed by atoms with Crippen molar-refractivity contribution in [3.8, 4) is 201 Å². The van der Waals surface area contributed by atoms with Crippen molar-refractivity contribution in [2.75, 3.05) is 0 Å². The standard InChI is InChI=1S/3C39H27N3/c1-7-28(34-13-4-16-40-25-34)19-31(10-1)37-22-38(32-11-2-8-29(20-32)35-14-5-17-41-26-35)24-39(23-37)33-12-3-9-30(21-33)36-15-6-18-42-27-36;1-4-19-40-37(16-1)31-13-7-10-28(22-31)34-25-35(29-11-8-14-32(23-29)38-17-2-5-20-41-38)27-36(26-34)30-12-9-15-33(24-30)39-18-3-6-21-42-39;1-4-31(28-10-16-40-17-11-28)22-34(7-1)37-25-38(35-8-2-5-32(23-35)29-12-18-41-19-13-29)27-39(26-37)36-9-3-6-33(24-36)30-14-20-42-21-15-30/h3*1-27H. The second-order valence-corrected chi connectivity index (χ2v) is 30.7. The summed E-state index contributed by atoms with van der Waals surface area (Å²) in [6.45, 7) is 0. The second-order valence-electron chi connectivity index (χ2n) is 30.7. The van der Waals surface area contributed by atoms with Crippen LogP contribution < -0.4 is 0 Å². The fourth-order valence-electron chi connectivity index (χ4n) is 16.1. The van der Waals surface area contributed by atoms with Crippen LogP contribution in [0.2, 0.25) is 0 Å². The fourth-order valence-corrected chi connectivity index (χ4v) is 16.1. The highest BCUT2D eigenvalue weighted by molar-refractivity contribution is 5.90. The molecular weight excluding hydrogens is 1530 g/mol. The van der Waals surface area contributed by atoms with Gasteiger partial charge in [-0.15, -0.1) is 0 Å². The van der Waals surface area contributed by atoms with Crippen LogP contribution in [0.15, 0.2) is 493 Å². The zero-order valence-electron chi connectivity index (χ0n) is 68.8. The molecule has 0 N–H and O–H groups in total. The smallest absolute Gasteiger partial charge is 0.0702 e. The average Bonchev–Trinajstić information content (AvgIpc) is 0.794. The van der Waals surface area contributed by atoms with Crippen LogP contribution in [0.5, 0.6) is 0 Å². The highest BCUT2D eigenvalue weighted by Crippen LogP contribution is 2.42. The molecule has 594 valence electrons. The number of rotatable bonds is 18. The second kappa shape index (κ2) is 37.7. The van der Waals surface area contributed by atoms with Crippen LogP contribution in [0.1, 0.15) is 0 Å². The molecule has 0 radical (unpaired) electrons. The Hall–Kier alpha value is -17.0. The third-order valence-corrected chi connectivity index (χ3v) is 22.5. The molecule has 9 heteroatoms. The molecular formula is C117H81N9. The van der Waals surface area contributed by atoms with E-state index in [1.54, 1.807) is 0 Å². The molecule has 0 amide bonds. The lowest BCUT2D eigenvalue weighted by Gasteiger charge is -2.14. The minimum Gasteiger partial charge on any atom is -0.265 e. The van der Waals surface area contributed by atoms with Crippen molar-refractivity contribution >= 4 is 0 Å².